The number of aliphatic hydroxyl groups is 5. The second-order valence-electron chi connectivity index (χ2n) is 7.81. The molecule has 0 atom stereocenters. The highest BCUT2D eigenvalue weighted by Crippen LogP contribution is 2.22. The van der Waals surface area contributed by atoms with Crippen LogP contribution in [0.4, 0.5) is 0 Å². The van der Waals surface area contributed by atoms with E-state index >= 15 is 0 Å². The molecule has 0 spiro atoms. The smallest absolute Gasteiger partial charge is 0.303 e. The number of carboxylic acid groups (broad SMARTS) is 1. The highest BCUT2D eigenvalue weighted by molar-refractivity contribution is 5.66. The molecule has 0 saturated heterocycles. The van der Waals surface area contributed by atoms with Gasteiger partial charge >= 0.3 is 5.97 Å². The van der Waals surface area contributed by atoms with Crippen molar-refractivity contribution in [1.82, 2.24) is 15.0 Å². The predicted octanol–water partition coefficient (Wildman–Crippen LogP) is -2.10. The molecule has 0 aromatic carbocycles. The SMILES string of the molecule is O=C(O)CCCc1cn(CC(CO)(COCC(CO)CO)COCC(CO)CO)nn1. The molecule has 0 unspecified atom stereocenters. The van der Waals surface area contributed by atoms with Gasteiger partial charge in [0.15, 0.2) is 0 Å². The summed E-state index contributed by atoms with van der Waals surface area (Å²) in [6, 6.07) is 0. The van der Waals surface area contributed by atoms with Crippen LogP contribution in [0.15, 0.2) is 6.20 Å². The molecule has 180 valence electrons. The average Bonchev–Trinajstić information content (AvgIpc) is 3.20. The van der Waals surface area contributed by atoms with Gasteiger partial charge in [-0.2, -0.15) is 0 Å². The van der Waals surface area contributed by atoms with E-state index in [9.17, 15) is 30.3 Å². The molecule has 1 rings (SSSR count). The lowest BCUT2D eigenvalue weighted by molar-refractivity contribution is -0.137. The minimum Gasteiger partial charge on any atom is -0.481 e. The molecule has 1 aromatic rings. The Morgan fingerprint density at radius 2 is 1.55 bits per heavy atom. The minimum absolute atomic E-state index is 0.0306. The molecule has 0 fully saturated rings. The normalized spacial score (nSPS) is 12.2. The van der Waals surface area contributed by atoms with Gasteiger partial charge in [-0.3, -0.25) is 9.48 Å². The van der Waals surface area contributed by atoms with Gasteiger partial charge in [0.1, 0.15) is 0 Å². The summed E-state index contributed by atoms with van der Waals surface area (Å²) in [6.45, 7) is -0.853. The Balaban J connectivity index is 2.79. The number of ether oxygens (including phenoxy) is 2. The minimum atomic E-state index is -0.934. The fourth-order valence-electron chi connectivity index (χ4n) is 2.78. The second kappa shape index (κ2) is 15.2. The zero-order chi connectivity index (χ0) is 23.1. The van der Waals surface area contributed by atoms with Crippen LogP contribution >= 0.6 is 0 Å². The Bertz CT molecular complexity index is 588. The number of aryl methyl sites for hydroxylation is 1. The first-order valence-electron chi connectivity index (χ1n) is 10.2. The standard InChI is InChI=1S/C19H35N3O9/c23-5-15(6-24)9-30-13-19(12-27,14-31-10-16(7-25)8-26)11-22-4-17(20-21-22)2-1-3-18(28)29/h4,15-16,23-27H,1-3,5-14H2,(H,28,29). The third-order valence-corrected chi connectivity index (χ3v) is 4.80. The molecular weight excluding hydrogens is 414 g/mol. The summed E-state index contributed by atoms with van der Waals surface area (Å²) in [5.41, 5.74) is -0.312. The van der Waals surface area contributed by atoms with Gasteiger partial charge in [-0.15, -0.1) is 5.10 Å². The summed E-state index contributed by atoms with van der Waals surface area (Å²) in [6.07, 6.45) is 2.58. The van der Waals surface area contributed by atoms with E-state index in [2.05, 4.69) is 10.3 Å². The fraction of sp³-hybridized carbons (Fsp3) is 0.842. The lowest BCUT2D eigenvalue weighted by Gasteiger charge is -2.32. The Hall–Kier alpha value is -1.67. The van der Waals surface area contributed by atoms with Gasteiger partial charge in [0.05, 0.1) is 77.1 Å². The summed E-state index contributed by atoms with van der Waals surface area (Å²) in [5.74, 6) is -1.77. The quantitative estimate of drug-likeness (QED) is 0.136. The summed E-state index contributed by atoms with van der Waals surface area (Å²) in [7, 11) is 0. The van der Waals surface area contributed by atoms with Crippen molar-refractivity contribution in [2.45, 2.75) is 25.8 Å². The molecule has 0 radical (unpaired) electrons. The Morgan fingerprint density at radius 3 is 2.00 bits per heavy atom. The molecule has 0 bridgehead atoms. The van der Waals surface area contributed by atoms with E-state index in [1.54, 1.807) is 6.20 Å². The second-order valence-corrected chi connectivity index (χ2v) is 7.81. The molecule has 1 heterocycles. The molecule has 12 heteroatoms. The largest absolute Gasteiger partial charge is 0.481 e. The van der Waals surface area contributed by atoms with Gasteiger partial charge in [-0.25, -0.2) is 0 Å². The maximum atomic E-state index is 10.6. The average molecular weight is 450 g/mol. The number of carbonyl (C=O) groups is 1. The van der Waals surface area contributed by atoms with Crippen LogP contribution in [0, 0.1) is 17.3 Å². The topological polar surface area (TPSA) is 188 Å². The summed E-state index contributed by atoms with van der Waals surface area (Å²) >= 11 is 0. The molecule has 12 nitrogen and oxygen atoms in total. The van der Waals surface area contributed by atoms with Gasteiger partial charge in [0.25, 0.3) is 0 Å². The molecule has 6 N–H and O–H groups in total. The number of hydrogen-bond acceptors (Lipinski definition) is 10. The van der Waals surface area contributed by atoms with Crippen molar-refractivity contribution in [3.8, 4) is 0 Å². The zero-order valence-electron chi connectivity index (χ0n) is 17.7. The van der Waals surface area contributed by atoms with Gasteiger partial charge in [0.2, 0.25) is 0 Å². The van der Waals surface area contributed by atoms with Crippen LogP contribution in [0.3, 0.4) is 0 Å². The first kappa shape index (κ1) is 27.4. The van der Waals surface area contributed by atoms with E-state index in [-0.39, 0.29) is 72.4 Å². The van der Waals surface area contributed by atoms with E-state index in [4.69, 9.17) is 14.6 Å². The van der Waals surface area contributed by atoms with Crippen molar-refractivity contribution in [2.75, 3.05) is 59.5 Å². The molecule has 31 heavy (non-hydrogen) atoms. The van der Waals surface area contributed by atoms with Gasteiger partial charge in [-0.1, -0.05) is 5.21 Å². The van der Waals surface area contributed by atoms with Crippen molar-refractivity contribution >= 4 is 5.97 Å². The van der Waals surface area contributed by atoms with Crippen molar-refractivity contribution in [3.05, 3.63) is 11.9 Å². The highest BCUT2D eigenvalue weighted by atomic mass is 16.5. The number of nitrogens with zero attached hydrogens (tertiary/aromatic N) is 3. The number of aromatic nitrogens is 3. The first-order chi connectivity index (χ1) is 14.9. The summed E-state index contributed by atoms with van der Waals surface area (Å²) in [4.78, 5) is 10.6. The van der Waals surface area contributed by atoms with E-state index in [1.165, 1.54) is 4.68 Å². The predicted molar refractivity (Wildman–Crippen MR) is 107 cm³/mol. The maximum absolute atomic E-state index is 10.6. The van der Waals surface area contributed by atoms with Crippen LogP contribution in [0.5, 0.6) is 0 Å². The molecule has 1 aromatic heterocycles. The van der Waals surface area contributed by atoms with Gasteiger partial charge < -0.3 is 40.1 Å². The third-order valence-electron chi connectivity index (χ3n) is 4.80. The number of carboxylic acids is 1. The van der Waals surface area contributed by atoms with E-state index in [1.807, 2.05) is 0 Å². The van der Waals surface area contributed by atoms with Crippen LogP contribution in [-0.4, -0.2) is 111 Å². The monoisotopic (exact) mass is 449 g/mol. The molecule has 0 amide bonds. The fourth-order valence-corrected chi connectivity index (χ4v) is 2.78. The van der Waals surface area contributed by atoms with Crippen molar-refractivity contribution < 1.29 is 44.9 Å². The number of aliphatic hydroxyl groups excluding tert-OH is 5. The zero-order valence-corrected chi connectivity index (χ0v) is 17.7. The van der Waals surface area contributed by atoms with Crippen LogP contribution in [0.2, 0.25) is 0 Å². The molecule has 0 aliphatic rings. The van der Waals surface area contributed by atoms with E-state index < -0.39 is 23.2 Å². The van der Waals surface area contributed by atoms with Crippen molar-refractivity contribution in [1.29, 1.82) is 0 Å². The van der Waals surface area contributed by atoms with Gasteiger partial charge in [0, 0.05) is 24.5 Å². The van der Waals surface area contributed by atoms with Crippen molar-refractivity contribution in [2.24, 2.45) is 17.3 Å². The molecule has 0 aliphatic heterocycles. The van der Waals surface area contributed by atoms with Crippen LogP contribution in [-0.2, 0) is 27.2 Å². The maximum Gasteiger partial charge on any atom is 0.303 e. The third kappa shape index (κ3) is 10.5. The van der Waals surface area contributed by atoms with E-state index in [0.29, 0.717) is 18.5 Å². The van der Waals surface area contributed by atoms with Crippen LogP contribution < -0.4 is 0 Å². The van der Waals surface area contributed by atoms with Crippen LogP contribution in [0.1, 0.15) is 18.5 Å². The lowest BCUT2D eigenvalue weighted by Crippen LogP contribution is -2.42. The van der Waals surface area contributed by atoms with Gasteiger partial charge in [-0.05, 0) is 12.8 Å². The molecule has 0 saturated carbocycles. The highest BCUT2D eigenvalue weighted by Gasteiger charge is 2.32. The molecule has 0 aliphatic carbocycles. The van der Waals surface area contributed by atoms with Crippen LogP contribution in [0.25, 0.3) is 0 Å². The molecular formula is C19H35N3O9. The Labute approximate surface area is 181 Å². The number of rotatable bonds is 19. The summed E-state index contributed by atoms with van der Waals surface area (Å²) in [5, 5.41) is 63.7. The Morgan fingerprint density at radius 1 is 1.00 bits per heavy atom. The lowest BCUT2D eigenvalue weighted by atomic mass is 9.91. The number of hydrogen-bond donors (Lipinski definition) is 6. The Kier molecular flexibility index (Phi) is 13.4. The first-order valence-corrected chi connectivity index (χ1v) is 10.2. The number of aliphatic carboxylic acids is 1. The van der Waals surface area contributed by atoms with E-state index in [0.717, 1.165) is 0 Å². The van der Waals surface area contributed by atoms with Crippen molar-refractivity contribution in [3.63, 3.8) is 0 Å². The summed E-state index contributed by atoms with van der Waals surface area (Å²) < 4.78 is 12.8.